The van der Waals surface area contributed by atoms with Crippen LogP contribution >= 0.6 is 22.9 Å². The van der Waals surface area contributed by atoms with Crippen molar-refractivity contribution in [2.24, 2.45) is 0 Å². The third-order valence-electron chi connectivity index (χ3n) is 4.31. The lowest BCUT2D eigenvalue weighted by atomic mass is 10.1. The average molecular weight is 431 g/mol. The van der Waals surface area contributed by atoms with Gasteiger partial charge in [-0.25, -0.2) is 9.78 Å². The van der Waals surface area contributed by atoms with E-state index in [1.807, 2.05) is 66.8 Å². The molecule has 6 nitrogen and oxygen atoms in total. The highest BCUT2D eigenvalue weighted by Crippen LogP contribution is 2.25. The maximum atomic E-state index is 12.4. The summed E-state index contributed by atoms with van der Waals surface area (Å²) in [7, 11) is 3.91. The van der Waals surface area contributed by atoms with E-state index in [0.717, 1.165) is 11.3 Å². The van der Waals surface area contributed by atoms with Gasteiger partial charge in [-0.15, -0.1) is 11.3 Å². The van der Waals surface area contributed by atoms with Gasteiger partial charge in [0.25, 0.3) is 0 Å². The molecule has 3 rings (SSSR count). The predicted octanol–water partition coefficient (Wildman–Crippen LogP) is 4.80. The quantitative estimate of drug-likeness (QED) is 0.538. The summed E-state index contributed by atoms with van der Waals surface area (Å²) in [6.45, 7) is 0.810. The Balaban J connectivity index is 1.56. The first kappa shape index (κ1) is 21.1. The molecule has 0 radical (unpaired) electrons. The fourth-order valence-corrected chi connectivity index (χ4v) is 3.62. The van der Waals surface area contributed by atoms with E-state index in [2.05, 4.69) is 15.6 Å². The highest BCUT2D eigenvalue weighted by Gasteiger charge is 2.17. The molecule has 0 fully saturated rings. The zero-order valence-electron chi connectivity index (χ0n) is 16.3. The molecule has 0 aliphatic rings. The monoisotopic (exact) mass is 430 g/mol. The Bertz CT molecular complexity index is 934. The number of nitrogens with zero attached hydrogens (tertiary/aromatic N) is 2. The van der Waals surface area contributed by atoms with Crippen LogP contribution < -0.4 is 15.4 Å². The minimum atomic E-state index is -0.291. The summed E-state index contributed by atoms with van der Waals surface area (Å²) >= 11 is 7.85. The van der Waals surface area contributed by atoms with Gasteiger partial charge in [-0.05, 0) is 37.9 Å². The fourth-order valence-electron chi connectivity index (χ4n) is 2.81. The molecule has 29 heavy (non-hydrogen) atoms. The number of anilines is 1. The molecule has 1 heterocycles. The van der Waals surface area contributed by atoms with E-state index in [0.29, 0.717) is 29.6 Å². The fraction of sp³-hybridized carbons (Fsp3) is 0.238. The number of benzene rings is 2. The molecule has 8 heteroatoms. The summed E-state index contributed by atoms with van der Waals surface area (Å²) in [6, 6.07) is 14.6. The molecule has 2 amide bonds. The second-order valence-corrected chi connectivity index (χ2v) is 7.76. The zero-order chi connectivity index (χ0) is 20.6. The Morgan fingerprint density at radius 2 is 2.07 bits per heavy atom. The first-order valence-corrected chi connectivity index (χ1v) is 10.4. The van der Waals surface area contributed by atoms with E-state index >= 15 is 0 Å². The van der Waals surface area contributed by atoms with Crippen molar-refractivity contribution in [3.05, 3.63) is 75.7 Å². The maximum Gasteiger partial charge on any atom is 0.319 e. The Kier molecular flexibility index (Phi) is 7.46. The number of hydrogen-bond donors (Lipinski definition) is 2. The van der Waals surface area contributed by atoms with Gasteiger partial charge in [0.2, 0.25) is 0 Å². The molecule has 0 aliphatic heterocycles. The second-order valence-electron chi connectivity index (χ2n) is 6.63. The van der Waals surface area contributed by atoms with Crippen molar-refractivity contribution in [3.8, 4) is 5.75 Å². The van der Waals surface area contributed by atoms with Crippen LogP contribution in [0.3, 0.4) is 0 Å². The van der Waals surface area contributed by atoms with Crippen LogP contribution in [0.2, 0.25) is 5.02 Å². The van der Waals surface area contributed by atoms with Crippen LogP contribution in [0.5, 0.6) is 5.75 Å². The average Bonchev–Trinajstić information content (AvgIpc) is 3.21. The van der Waals surface area contributed by atoms with Gasteiger partial charge in [0.15, 0.2) is 0 Å². The zero-order valence-corrected chi connectivity index (χ0v) is 17.8. The van der Waals surface area contributed by atoms with E-state index in [-0.39, 0.29) is 12.1 Å². The molecule has 0 spiro atoms. The molecule has 1 aromatic heterocycles. The first-order chi connectivity index (χ1) is 14.0. The topological polar surface area (TPSA) is 66.5 Å². The van der Waals surface area contributed by atoms with Crippen molar-refractivity contribution in [1.29, 1.82) is 0 Å². The predicted molar refractivity (Wildman–Crippen MR) is 118 cm³/mol. The van der Waals surface area contributed by atoms with Crippen molar-refractivity contribution in [3.63, 3.8) is 0 Å². The largest absolute Gasteiger partial charge is 0.487 e. The minimum absolute atomic E-state index is 0.0396. The summed E-state index contributed by atoms with van der Waals surface area (Å²) in [5, 5.41) is 8.37. The van der Waals surface area contributed by atoms with Gasteiger partial charge in [0.1, 0.15) is 12.4 Å². The molecule has 2 aromatic carbocycles. The van der Waals surface area contributed by atoms with Crippen LogP contribution in [0.4, 0.5) is 10.5 Å². The van der Waals surface area contributed by atoms with Gasteiger partial charge in [0, 0.05) is 28.7 Å². The normalized spacial score (nSPS) is 11.9. The van der Waals surface area contributed by atoms with Gasteiger partial charge in [-0.3, -0.25) is 0 Å². The highest BCUT2D eigenvalue weighted by atomic mass is 35.5. The van der Waals surface area contributed by atoms with Gasteiger partial charge >= 0.3 is 6.03 Å². The lowest BCUT2D eigenvalue weighted by molar-refractivity contribution is 0.243. The van der Waals surface area contributed by atoms with E-state index < -0.39 is 0 Å². The molecular weight excluding hydrogens is 408 g/mol. The highest BCUT2D eigenvalue weighted by molar-refractivity contribution is 7.07. The van der Waals surface area contributed by atoms with E-state index in [1.165, 1.54) is 11.3 Å². The van der Waals surface area contributed by atoms with Crippen LogP contribution in [0, 0.1) is 0 Å². The number of hydrogen-bond acceptors (Lipinski definition) is 5. The third-order valence-corrected chi connectivity index (χ3v) is 5.29. The van der Waals surface area contributed by atoms with E-state index in [1.54, 1.807) is 11.6 Å². The van der Waals surface area contributed by atoms with Crippen LogP contribution in [-0.2, 0) is 6.61 Å². The molecule has 0 aliphatic carbocycles. The molecule has 152 valence electrons. The van der Waals surface area contributed by atoms with E-state index in [9.17, 15) is 4.79 Å². The van der Waals surface area contributed by atoms with Crippen LogP contribution in [0.15, 0.2) is 59.4 Å². The van der Waals surface area contributed by atoms with Crippen molar-refractivity contribution in [2.75, 3.05) is 26.0 Å². The van der Waals surface area contributed by atoms with Gasteiger partial charge in [0.05, 0.1) is 17.2 Å². The number of halogens is 1. The minimum Gasteiger partial charge on any atom is -0.487 e. The first-order valence-electron chi connectivity index (χ1n) is 9.08. The molecule has 0 saturated heterocycles. The molecule has 1 atom stereocenters. The molecule has 0 saturated carbocycles. The Morgan fingerprint density at radius 3 is 2.79 bits per heavy atom. The number of nitrogens with one attached hydrogen (secondary N) is 2. The number of amides is 2. The summed E-state index contributed by atoms with van der Waals surface area (Å²) < 4.78 is 5.72. The summed E-state index contributed by atoms with van der Waals surface area (Å²) in [5.41, 5.74) is 4.26. The standard InChI is InChI=1S/C21H23ClN4O2S/c1-26(2)20(18-8-3-4-9-19(18)22)11-23-21(27)25-15-6-5-7-17(10-15)28-12-16-13-29-14-24-16/h3-10,13-14,20H,11-12H2,1-2H3,(H2,23,25,27). The number of carbonyl (C=O) groups is 1. The van der Waals surface area contributed by atoms with E-state index in [4.69, 9.17) is 16.3 Å². The van der Waals surface area contributed by atoms with Crippen molar-refractivity contribution < 1.29 is 9.53 Å². The van der Waals surface area contributed by atoms with Crippen LogP contribution in [0.1, 0.15) is 17.3 Å². The van der Waals surface area contributed by atoms with Crippen molar-refractivity contribution in [2.45, 2.75) is 12.6 Å². The summed E-state index contributed by atoms with van der Waals surface area (Å²) in [4.78, 5) is 18.6. The van der Waals surface area contributed by atoms with Crippen molar-refractivity contribution in [1.82, 2.24) is 15.2 Å². The third kappa shape index (κ3) is 6.19. The second kappa shape index (κ2) is 10.2. The van der Waals surface area contributed by atoms with Crippen LogP contribution in [-0.4, -0.2) is 36.6 Å². The Morgan fingerprint density at radius 1 is 1.24 bits per heavy atom. The number of aromatic nitrogens is 1. The molecule has 0 bridgehead atoms. The number of carbonyl (C=O) groups excluding carboxylic acids is 1. The molecule has 1 unspecified atom stereocenters. The lowest BCUT2D eigenvalue weighted by Gasteiger charge is -2.26. The number of thiazole rings is 1. The smallest absolute Gasteiger partial charge is 0.319 e. The SMILES string of the molecule is CN(C)C(CNC(=O)Nc1cccc(OCc2cscn2)c1)c1ccccc1Cl. The molecule has 3 aromatic rings. The summed E-state index contributed by atoms with van der Waals surface area (Å²) in [6.07, 6.45) is 0. The molecule has 2 N–H and O–H groups in total. The number of rotatable bonds is 8. The Labute approximate surface area is 179 Å². The maximum absolute atomic E-state index is 12.4. The molecular formula is C21H23ClN4O2S. The number of likely N-dealkylation sites (N-methyl/N-ethyl adjacent to an activating group) is 1. The van der Waals surface area contributed by atoms with Gasteiger partial charge in [-0.2, -0.15) is 0 Å². The van der Waals surface area contributed by atoms with Gasteiger partial charge < -0.3 is 20.3 Å². The number of ether oxygens (including phenoxy) is 1. The Hall–Kier alpha value is -2.61. The van der Waals surface area contributed by atoms with Gasteiger partial charge in [-0.1, -0.05) is 35.9 Å². The lowest BCUT2D eigenvalue weighted by Crippen LogP contribution is -2.37. The van der Waals surface area contributed by atoms with Crippen molar-refractivity contribution >= 4 is 34.7 Å². The number of urea groups is 1. The van der Waals surface area contributed by atoms with Crippen LogP contribution in [0.25, 0.3) is 0 Å². The summed E-state index contributed by atoms with van der Waals surface area (Å²) in [5.74, 6) is 0.665.